The zero-order chi connectivity index (χ0) is 15.0. The lowest BCUT2D eigenvalue weighted by Gasteiger charge is -2.08. The molecule has 0 saturated carbocycles. The normalized spacial score (nSPS) is 11.4. The molecule has 20 heavy (non-hydrogen) atoms. The van der Waals surface area contributed by atoms with E-state index in [2.05, 4.69) is 21.2 Å². The van der Waals surface area contributed by atoms with Crippen LogP contribution in [0, 0.1) is 0 Å². The second-order valence-corrected chi connectivity index (χ2v) is 5.23. The molecule has 1 amide bonds. The molecule has 0 saturated heterocycles. The lowest BCUT2D eigenvalue weighted by Crippen LogP contribution is -2.24. The van der Waals surface area contributed by atoms with Crippen molar-refractivity contribution in [2.24, 2.45) is 0 Å². The van der Waals surface area contributed by atoms with E-state index in [0.717, 1.165) is 43.1 Å². The van der Waals surface area contributed by atoms with Crippen LogP contribution in [0.25, 0.3) is 0 Å². The zero-order valence-electron chi connectivity index (χ0n) is 11.0. The predicted octanol–water partition coefficient (Wildman–Crippen LogP) is 4.39. The number of halogens is 4. The number of alkyl halides is 4. The summed E-state index contributed by atoms with van der Waals surface area (Å²) in [6.45, 7) is 0.544. The molecule has 1 aromatic carbocycles. The number of benzene rings is 1. The van der Waals surface area contributed by atoms with Crippen LogP contribution in [0.2, 0.25) is 0 Å². The number of rotatable bonds is 7. The van der Waals surface area contributed by atoms with Gasteiger partial charge in [-0.25, -0.2) is 0 Å². The number of hydrogen-bond donors (Lipinski definition) is 1. The maximum atomic E-state index is 12.4. The van der Waals surface area contributed by atoms with E-state index >= 15 is 0 Å². The quantitative estimate of drug-likeness (QED) is 0.572. The van der Waals surface area contributed by atoms with Gasteiger partial charge in [-0.05, 0) is 37.1 Å². The fourth-order valence-electron chi connectivity index (χ4n) is 1.69. The van der Waals surface area contributed by atoms with E-state index in [1.807, 2.05) is 0 Å². The molecule has 1 N–H and O–H groups in total. The van der Waals surface area contributed by atoms with Gasteiger partial charge >= 0.3 is 6.18 Å². The van der Waals surface area contributed by atoms with Crippen LogP contribution in [0.4, 0.5) is 13.2 Å². The van der Waals surface area contributed by atoms with Crippen LogP contribution in [-0.4, -0.2) is 17.8 Å². The lowest BCUT2D eigenvalue weighted by molar-refractivity contribution is -0.137. The third-order valence-corrected chi connectivity index (χ3v) is 3.38. The van der Waals surface area contributed by atoms with Gasteiger partial charge in [0.1, 0.15) is 0 Å². The Balaban J connectivity index is 2.37. The van der Waals surface area contributed by atoms with E-state index in [0.29, 0.717) is 6.54 Å². The Morgan fingerprint density at radius 2 is 1.65 bits per heavy atom. The average Bonchev–Trinajstić information content (AvgIpc) is 2.41. The Morgan fingerprint density at radius 1 is 1.05 bits per heavy atom. The fraction of sp³-hybridized carbons (Fsp3) is 0.500. The summed E-state index contributed by atoms with van der Waals surface area (Å²) in [5, 5.41) is 3.68. The zero-order valence-corrected chi connectivity index (χ0v) is 12.6. The van der Waals surface area contributed by atoms with Crippen molar-refractivity contribution in [3.05, 3.63) is 35.4 Å². The van der Waals surface area contributed by atoms with E-state index in [1.165, 1.54) is 12.1 Å². The van der Waals surface area contributed by atoms with Crippen molar-refractivity contribution in [3.63, 3.8) is 0 Å². The van der Waals surface area contributed by atoms with Crippen molar-refractivity contribution in [2.75, 3.05) is 11.9 Å². The summed E-state index contributed by atoms with van der Waals surface area (Å²) in [5.74, 6) is -0.334. The molecule has 0 aliphatic heterocycles. The van der Waals surface area contributed by atoms with Gasteiger partial charge in [0.15, 0.2) is 0 Å². The number of hydrogen-bond acceptors (Lipinski definition) is 1. The molecule has 0 atom stereocenters. The number of unbranched alkanes of at least 4 members (excludes halogenated alkanes) is 3. The smallest absolute Gasteiger partial charge is 0.352 e. The third-order valence-electron chi connectivity index (χ3n) is 2.82. The molecule has 0 aromatic heterocycles. The number of amides is 1. The summed E-state index contributed by atoms with van der Waals surface area (Å²) in [5.41, 5.74) is -0.498. The molecule has 0 fully saturated rings. The Labute approximate surface area is 124 Å². The minimum Gasteiger partial charge on any atom is -0.352 e. The van der Waals surface area contributed by atoms with Crippen molar-refractivity contribution in [1.29, 1.82) is 0 Å². The number of carbonyl (C=O) groups is 1. The highest BCUT2D eigenvalue weighted by molar-refractivity contribution is 9.09. The Morgan fingerprint density at radius 3 is 2.20 bits per heavy atom. The summed E-state index contributed by atoms with van der Waals surface area (Å²) in [7, 11) is 0. The second-order valence-electron chi connectivity index (χ2n) is 4.43. The first-order chi connectivity index (χ1) is 9.45. The molecule has 0 unspecified atom stereocenters. The van der Waals surface area contributed by atoms with Gasteiger partial charge in [0.05, 0.1) is 5.56 Å². The van der Waals surface area contributed by atoms with E-state index in [4.69, 9.17) is 0 Å². The molecule has 0 aliphatic carbocycles. The van der Waals surface area contributed by atoms with Crippen molar-refractivity contribution in [3.8, 4) is 0 Å². The van der Waals surface area contributed by atoms with E-state index in [1.54, 1.807) is 0 Å². The van der Waals surface area contributed by atoms with Gasteiger partial charge in [-0.15, -0.1) is 0 Å². The summed E-state index contributed by atoms with van der Waals surface area (Å²) >= 11 is 3.34. The summed E-state index contributed by atoms with van der Waals surface area (Å²) in [6, 6.07) is 4.24. The topological polar surface area (TPSA) is 29.1 Å². The molecule has 0 bridgehead atoms. The molecule has 1 rings (SSSR count). The molecular formula is C14H17BrF3NO. The van der Waals surface area contributed by atoms with Crippen LogP contribution in [0.15, 0.2) is 24.3 Å². The van der Waals surface area contributed by atoms with Gasteiger partial charge in [-0.1, -0.05) is 28.8 Å². The van der Waals surface area contributed by atoms with Crippen LogP contribution in [0.1, 0.15) is 41.6 Å². The van der Waals surface area contributed by atoms with E-state index < -0.39 is 11.7 Å². The molecule has 112 valence electrons. The highest BCUT2D eigenvalue weighted by Gasteiger charge is 2.30. The highest BCUT2D eigenvalue weighted by Crippen LogP contribution is 2.29. The molecule has 1 aromatic rings. The maximum absolute atomic E-state index is 12.4. The fourth-order valence-corrected chi connectivity index (χ4v) is 2.08. The largest absolute Gasteiger partial charge is 0.416 e. The molecule has 6 heteroatoms. The van der Waals surface area contributed by atoms with Crippen LogP contribution in [0.5, 0.6) is 0 Å². The van der Waals surface area contributed by atoms with Crippen molar-refractivity contribution < 1.29 is 18.0 Å². The van der Waals surface area contributed by atoms with Gasteiger partial charge < -0.3 is 5.32 Å². The molecule has 2 nitrogen and oxygen atoms in total. The molecule has 0 spiro atoms. The van der Waals surface area contributed by atoms with Gasteiger partial charge in [0.2, 0.25) is 0 Å². The van der Waals surface area contributed by atoms with Crippen LogP contribution in [0.3, 0.4) is 0 Å². The van der Waals surface area contributed by atoms with E-state index in [-0.39, 0.29) is 11.5 Å². The minimum atomic E-state index is -4.37. The minimum absolute atomic E-state index is 0.249. The highest BCUT2D eigenvalue weighted by atomic mass is 79.9. The first-order valence-corrected chi connectivity index (χ1v) is 7.58. The van der Waals surface area contributed by atoms with Crippen LogP contribution in [-0.2, 0) is 6.18 Å². The van der Waals surface area contributed by atoms with Gasteiger partial charge in [0, 0.05) is 17.4 Å². The molecule has 0 heterocycles. The second kappa shape index (κ2) is 8.29. The van der Waals surface area contributed by atoms with Gasteiger partial charge in [-0.3, -0.25) is 4.79 Å². The Bertz CT molecular complexity index is 417. The first-order valence-electron chi connectivity index (χ1n) is 6.46. The maximum Gasteiger partial charge on any atom is 0.416 e. The standard InChI is InChI=1S/C14H17BrF3NO/c15-9-3-1-2-4-10-19-13(20)11-5-7-12(8-6-11)14(16,17)18/h5-8H,1-4,9-10H2,(H,19,20). The number of carbonyl (C=O) groups excluding carboxylic acids is 1. The van der Waals surface area contributed by atoms with Crippen molar-refractivity contribution >= 4 is 21.8 Å². The van der Waals surface area contributed by atoms with Crippen molar-refractivity contribution in [2.45, 2.75) is 31.9 Å². The predicted molar refractivity (Wildman–Crippen MR) is 76.0 cm³/mol. The third kappa shape index (κ3) is 5.94. The van der Waals surface area contributed by atoms with E-state index in [9.17, 15) is 18.0 Å². The van der Waals surface area contributed by atoms with Gasteiger partial charge in [0.25, 0.3) is 5.91 Å². The summed E-state index contributed by atoms with van der Waals surface area (Å²) in [6.07, 6.45) is -0.267. The summed E-state index contributed by atoms with van der Waals surface area (Å²) < 4.78 is 37.1. The van der Waals surface area contributed by atoms with Crippen molar-refractivity contribution in [1.82, 2.24) is 5.32 Å². The number of nitrogens with one attached hydrogen (secondary N) is 1. The average molecular weight is 352 g/mol. The van der Waals surface area contributed by atoms with Crippen LogP contribution < -0.4 is 5.32 Å². The molecule has 0 aliphatic rings. The molecular weight excluding hydrogens is 335 g/mol. The molecule has 0 radical (unpaired) electrons. The first kappa shape index (κ1) is 17.0. The monoisotopic (exact) mass is 351 g/mol. The SMILES string of the molecule is O=C(NCCCCCCBr)c1ccc(C(F)(F)F)cc1. The summed E-state index contributed by atoms with van der Waals surface area (Å²) in [4.78, 5) is 11.7. The van der Waals surface area contributed by atoms with Gasteiger partial charge in [-0.2, -0.15) is 13.2 Å². The Hall–Kier alpha value is -1.04. The van der Waals surface area contributed by atoms with Crippen LogP contribution >= 0.6 is 15.9 Å². The Kier molecular flexibility index (Phi) is 7.05. The lowest BCUT2D eigenvalue weighted by atomic mass is 10.1.